The Labute approximate surface area is 98.3 Å². The van der Waals surface area contributed by atoms with Crippen molar-refractivity contribution in [3.05, 3.63) is 0 Å². The number of ketones is 1. The van der Waals surface area contributed by atoms with Gasteiger partial charge in [-0.3, -0.25) is 4.79 Å². The zero-order chi connectivity index (χ0) is 12.4. The number of hydrogen-bond donors (Lipinski definition) is 0. The highest BCUT2D eigenvalue weighted by Gasteiger charge is 2.06. The smallest absolute Gasteiger partial charge is 0.160 e. The molecule has 0 rings (SSSR count). The first-order valence-corrected chi connectivity index (χ1v) is 5.83. The number of hydrogen-bond acceptors (Lipinski definition) is 4. The molecule has 0 fully saturated rings. The number of rotatable bonds is 10. The van der Waals surface area contributed by atoms with Gasteiger partial charge in [0.25, 0.3) is 0 Å². The summed E-state index contributed by atoms with van der Waals surface area (Å²) >= 11 is 0. The predicted molar refractivity (Wildman–Crippen MR) is 62.6 cm³/mol. The van der Waals surface area contributed by atoms with Gasteiger partial charge in [0.1, 0.15) is 6.61 Å². The number of ether oxygens (including phenoxy) is 3. The largest absolute Gasteiger partial charge is 0.377 e. The first kappa shape index (κ1) is 15.6. The number of carbonyl (C=O) groups is 1. The zero-order valence-electron chi connectivity index (χ0n) is 10.8. The van der Waals surface area contributed by atoms with Crippen molar-refractivity contribution in [2.24, 2.45) is 5.92 Å². The summed E-state index contributed by atoms with van der Waals surface area (Å²) in [7, 11) is 0. The van der Waals surface area contributed by atoms with Crippen molar-refractivity contribution >= 4 is 5.78 Å². The van der Waals surface area contributed by atoms with E-state index in [0.717, 1.165) is 0 Å². The minimum Gasteiger partial charge on any atom is -0.377 e. The fraction of sp³-hybridized carbons (Fsp3) is 0.917. The molecule has 0 saturated heterocycles. The van der Waals surface area contributed by atoms with E-state index in [4.69, 9.17) is 14.2 Å². The molecule has 0 amide bonds. The van der Waals surface area contributed by atoms with Crippen LogP contribution in [0.1, 0.15) is 27.7 Å². The number of carbonyl (C=O) groups excluding carboxylic acids is 1. The standard InChI is InChI=1S/C12H24O4/c1-10(2)12(13)9-15-6-5-14-7-8-16-11(3)4/h10-11H,5-9H2,1-4H3. The predicted octanol–water partition coefficient (Wildman–Crippen LogP) is 1.67. The Morgan fingerprint density at radius 1 is 0.938 bits per heavy atom. The lowest BCUT2D eigenvalue weighted by Crippen LogP contribution is -2.17. The maximum absolute atomic E-state index is 11.2. The average molecular weight is 232 g/mol. The van der Waals surface area contributed by atoms with E-state index in [1.165, 1.54) is 0 Å². The van der Waals surface area contributed by atoms with Crippen molar-refractivity contribution < 1.29 is 19.0 Å². The van der Waals surface area contributed by atoms with Crippen LogP contribution in [0.4, 0.5) is 0 Å². The summed E-state index contributed by atoms with van der Waals surface area (Å²) in [6.07, 6.45) is 0.239. The van der Waals surface area contributed by atoms with Gasteiger partial charge in [0, 0.05) is 5.92 Å². The lowest BCUT2D eigenvalue weighted by atomic mass is 10.1. The van der Waals surface area contributed by atoms with Gasteiger partial charge in [-0.1, -0.05) is 13.8 Å². The minimum atomic E-state index is 0.0420. The Bertz CT molecular complexity index is 178. The minimum absolute atomic E-state index is 0.0420. The van der Waals surface area contributed by atoms with Gasteiger partial charge in [0.15, 0.2) is 5.78 Å². The van der Waals surface area contributed by atoms with Gasteiger partial charge in [0.05, 0.1) is 32.5 Å². The van der Waals surface area contributed by atoms with Gasteiger partial charge in [-0.2, -0.15) is 0 Å². The van der Waals surface area contributed by atoms with Crippen molar-refractivity contribution in [3.63, 3.8) is 0 Å². The van der Waals surface area contributed by atoms with E-state index in [9.17, 15) is 4.79 Å². The fourth-order valence-corrected chi connectivity index (χ4v) is 0.902. The zero-order valence-corrected chi connectivity index (χ0v) is 10.8. The summed E-state index contributed by atoms with van der Waals surface area (Å²) in [6.45, 7) is 10.0. The van der Waals surface area contributed by atoms with E-state index in [1.807, 2.05) is 27.7 Å². The monoisotopic (exact) mass is 232 g/mol. The van der Waals surface area contributed by atoms with Gasteiger partial charge < -0.3 is 14.2 Å². The van der Waals surface area contributed by atoms with Gasteiger partial charge in [-0.15, -0.1) is 0 Å². The Morgan fingerprint density at radius 2 is 1.50 bits per heavy atom. The molecule has 0 aromatic carbocycles. The van der Waals surface area contributed by atoms with E-state index >= 15 is 0 Å². The van der Waals surface area contributed by atoms with Crippen LogP contribution in [-0.4, -0.2) is 44.9 Å². The molecule has 4 nitrogen and oxygen atoms in total. The molecule has 4 heteroatoms. The molecule has 0 atom stereocenters. The molecule has 0 spiro atoms. The van der Waals surface area contributed by atoms with Crippen LogP contribution < -0.4 is 0 Å². The topological polar surface area (TPSA) is 44.8 Å². The molecule has 0 aromatic rings. The Balaban J connectivity index is 3.13. The highest BCUT2D eigenvalue weighted by atomic mass is 16.5. The summed E-state index contributed by atoms with van der Waals surface area (Å²) in [5, 5.41) is 0. The SMILES string of the molecule is CC(C)OCCOCCOCC(=O)C(C)C. The summed E-state index contributed by atoms with van der Waals surface area (Å²) in [4.78, 5) is 11.2. The molecular weight excluding hydrogens is 208 g/mol. The Hall–Kier alpha value is -0.450. The van der Waals surface area contributed by atoms with Gasteiger partial charge in [0.2, 0.25) is 0 Å². The highest BCUT2D eigenvalue weighted by molar-refractivity contribution is 5.81. The van der Waals surface area contributed by atoms with Crippen LogP contribution in [0.3, 0.4) is 0 Å². The van der Waals surface area contributed by atoms with E-state index in [2.05, 4.69) is 0 Å². The molecule has 0 saturated carbocycles. The molecule has 0 heterocycles. The first-order chi connectivity index (χ1) is 7.54. The lowest BCUT2D eigenvalue weighted by Gasteiger charge is -2.08. The normalized spacial score (nSPS) is 11.4. The number of Topliss-reactive ketones (excluding diaryl/α,β-unsaturated/α-hetero) is 1. The summed E-state index contributed by atoms with van der Waals surface area (Å²) in [5.41, 5.74) is 0. The quantitative estimate of drug-likeness (QED) is 0.537. The maximum Gasteiger partial charge on any atom is 0.160 e. The molecule has 0 unspecified atom stereocenters. The Kier molecular flexibility index (Phi) is 9.48. The molecule has 16 heavy (non-hydrogen) atoms. The third-order valence-electron chi connectivity index (χ3n) is 1.94. The summed E-state index contributed by atoms with van der Waals surface area (Å²) < 4.78 is 15.7. The molecule has 0 aliphatic carbocycles. The summed E-state index contributed by atoms with van der Waals surface area (Å²) in [5.74, 6) is 0.170. The second-order valence-electron chi connectivity index (χ2n) is 4.21. The van der Waals surface area contributed by atoms with Crippen LogP contribution in [0.2, 0.25) is 0 Å². The van der Waals surface area contributed by atoms with E-state index < -0.39 is 0 Å². The Morgan fingerprint density at radius 3 is 2.06 bits per heavy atom. The molecule has 96 valence electrons. The summed E-state index contributed by atoms with van der Waals surface area (Å²) in [6, 6.07) is 0. The highest BCUT2D eigenvalue weighted by Crippen LogP contribution is 1.94. The van der Waals surface area contributed by atoms with Crippen LogP contribution in [0.25, 0.3) is 0 Å². The molecule has 0 N–H and O–H groups in total. The van der Waals surface area contributed by atoms with Crippen molar-refractivity contribution in [1.82, 2.24) is 0 Å². The molecular formula is C12H24O4. The van der Waals surface area contributed by atoms with Crippen LogP contribution in [0, 0.1) is 5.92 Å². The molecule has 0 aliphatic heterocycles. The van der Waals surface area contributed by atoms with Crippen molar-refractivity contribution in [2.45, 2.75) is 33.8 Å². The van der Waals surface area contributed by atoms with Crippen LogP contribution in [0.5, 0.6) is 0 Å². The fourth-order valence-electron chi connectivity index (χ4n) is 0.902. The third kappa shape index (κ3) is 10.1. The maximum atomic E-state index is 11.2. The van der Waals surface area contributed by atoms with E-state index in [1.54, 1.807) is 0 Å². The second kappa shape index (κ2) is 9.75. The van der Waals surface area contributed by atoms with E-state index in [-0.39, 0.29) is 24.4 Å². The van der Waals surface area contributed by atoms with Crippen LogP contribution >= 0.6 is 0 Å². The van der Waals surface area contributed by atoms with Crippen LogP contribution in [0.15, 0.2) is 0 Å². The molecule has 0 aromatic heterocycles. The average Bonchev–Trinajstić information content (AvgIpc) is 2.21. The third-order valence-corrected chi connectivity index (χ3v) is 1.94. The molecule has 0 aliphatic rings. The van der Waals surface area contributed by atoms with Crippen molar-refractivity contribution in [1.29, 1.82) is 0 Å². The van der Waals surface area contributed by atoms with Crippen molar-refractivity contribution in [3.8, 4) is 0 Å². The van der Waals surface area contributed by atoms with Gasteiger partial charge in [-0.05, 0) is 13.8 Å². The van der Waals surface area contributed by atoms with Gasteiger partial charge in [-0.25, -0.2) is 0 Å². The lowest BCUT2D eigenvalue weighted by molar-refractivity contribution is -0.127. The van der Waals surface area contributed by atoms with E-state index in [0.29, 0.717) is 26.4 Å². The van der Waals surface area contributed by atoms with Crippen molar-refractivity contribution in [2.75, 3.05) is 33.0 Å². The van der Waals surface area contributed by atoms with Crippen LogP contribution in [-0.2, 0) is 19.0 Å². The first-order valence-electron chi connectivity index (χ1n) is 5.83. The van der Waals surface area contributed by atoms with Gasteiger partial charge >= 0.3 is 0 Å². The second-order valence-corrected chi connectivity index (χ2v) is 4.21. The molecule has 0 radical (unpaired) electrons. The molecule has 0 bridgehead atoms.